The highest BCUT2D eigenvalue weighted by Gasteiger charge is 2.14. The number of hydrogen-bond acceptors (Lipinski definition) is 3. The molecular formula is C18H20N2O2. The van der Waals surface area contributed by atoms with E-state index in [1.54, 1.807) is 0 Å². The molecule has 1 heterocycles. The number of alkyl carbamates (subject to hydrolysis) is 1. The summed E-state index contributed by atoms with van der Waals surface area (Å²) in [6.07, 6.45) is -0.458. The summed E-state index contributed by atoms with van der Waals surface area (Å²) in [5.74, 6) is 5.93. The molecule has 0 aliphatic carbocycles. The van der Waals surface area contributed by atoms with Gasteiger partial charge in [0.1, 0.15) is 5.60 Å². The molecule has 1 aromatic heterocycles. The molecule has 0 radical (unpaired) electrons. The van der Waals surface area contributed by atoms with Gasteiger partial charge in [0.25, 0.3) is 0 Å². The van der Waals surface area contributed by atoms with Gasteiger partial charge in [0.15, 0.2) is 0 Å². The van der Waals surface area contributed by atoms with Gasteiger partial charge in [-0.25, -0.2) is 4.79 Å². The number of rotatable bonds is 1. The first-order chi connectivity index (χ1) is 10.3. The van der Waals surface area contributed by atoms with E-state index in [2.05, 4.69) is 22.1 Å². The molecule has 22 heavy (non-hydrogen) atoms. The van der Waals surface area contributed by atoms with Crippen molar-refractivity contribution in [3.8, 4) is 11.8 Å². The third-order valence-electron chi connectivity index (χ3n) is 2.78. The van der Waals surface area contributed by atoms with Crippen LogP contribution >= 0.6 is 0 Å². The van der Waals surface area contributed by atoms with Crippen LogP contribution in [0.4, 0.5) is 4.79 Å². The Kier molecular flexibility index (Phi) is 4.67. The van der Waals surface area contributed by atoms with Crippen LogP contribution in [0.3, 0.4) is 0 Å². The number of hydrogen-bond donors (Lipinski definition) is 1. The molecule has 0 aliphatic heterocycles. The number of fused-ring (bicyclic) bond motifs is 1. The number of benzene rings is 1. The summed E-state index contributed by atoms with van der Waals surface area (Å²) >= 11 is 0. The van der Waals surface area contributed by atoms with Crippen LogP contribution in [0.5, 0.6) is 0 Å². The van der Waals surface area contributed by atoms with Gasteiger partial charge in [-0.15, -0.1) is 0 Å². The molecule has 0 aliphatic rings. The van der Waals surface area contributed by atoms with Gasteiger partial charge in [-0.2, -0.15) is 0 Å². The number of carbonyl (C=O) groups is 1. The van der Waals surface area contributed by atoms with E-state index in [0.717, 1.165) is 22.2 Å². The molecule has 0 bridgehead atoms. The zero-order valence-corrected chi connectivity index (χ0v) is 13.4. The quantitative estimate of drug-likeness (QED) is 0.820. The van der Waals surface area contributed by atoms with E-state index in [1.165, 1.54) is 0 Å². The second kappa shape index (κ2) is 6.48. The first-order valence-electron chi connectivity index (χ1n) is 7.17. The van der Waals surface area contributed by atoms with Gasteiger partial charge in [0.05, 0.1) is 12.1 Å². The lowest BCUT2D eigenvalue weighted by Gasteiger charge is -2.18. The highest BCUT2D eigenvalue weighted by molar-refractivity contribution is 5.80. The van der Waals surface area contributed by atoms with Crippen LogP contribution in [0.25, 0.3) is 10.9 Å². The van der Waals surface area contributed by atoms with E-state index in [0.29, 0.717) is 0 Å². The molecule has 0 spiro atoms. The molecule has 4 heteroatoms. The summed E-state index contributed by atoms with van der Waals surface area (Å²) in [6, 6.07) is 9.87. The zero-order valence-electron chi connectivity index (χ0n) is 13.4. The van der Waals surface area contributed by atoms with E-state index in [9.17, 15) is 4.79 Å². The maximum absolute atomic E-state index is 11.5. The number of aryl methyl sites for hydroxylation is 1. The van der Waals surface area contributed by atoms with E-state index in [-0.39, 0.29) is 6.54 Å². The first-order valence-corrected chi connectivity index (χ1v) is 7.17. The topological polar surface area (TPSA) is 51.2 Å². The smallest absolute Gasteiger partial charge is 0.408 e. The van der Waals surface area contributed by atoms with Gasteiger partial charge < -0.3 is 10.1 Å². The third kappa shape index (κ3) is 4.78. The lowest BCUT2D eigenvalue weighted by molar-refractivity contribution is 0.0535. The van der Waals surface area contributed by atoms with Crippen molar-refractivity contribution in [3.63, 3.8) is 0 Å². The van der Waals surface area contributed by atoms with Crippen LogP contribution in [0.1, 0.15) is 32.0 Å². The Morgan fingerprint density at radius 1 is 1.27 bits per heavy atom. The average Bonchev–Trinajstić information content (AvgIpc) is 2.41. The minimum Gasteiger partial charge on any atom is -0.444 e. The van der Waals surface area contributed by atoms with E-state index in [1.807, 2.05) is 58.0 Å². The predicted octanol–water partition coefficient (Wildman–Crippen LogP) is 3.42. The zero-order chi connectivity index (χ0) is 16.2. The van der Waals surface area contributed by atoms with Crippen molar-refractivity contribution in [2.75, 3.05) is 6.54 Å². The molecule has 0 fully saturated rings. The summed E-state index contributed by atoms with van der Waals surface area (Å²) in [6.45, 7) is 7.68. The van der Waals surface area contributed by atoms with Gasteiger partial charge in [-0.05, 0) is 52.0 Å². The number of ether oxygens (including phenoxy) is 1. The van der Waals surface area contributed by atoms with Crippen molar-refractivity contribution in [2.24, 2.45) is 0 Å². The Hall–Kier alpha value is -2.54. The standard InChI is InChI=1S/C18H20N2O2/c1-13-7-9-15-12-14(8-10-16(15)20-13)6-5-11-19-17(21)22-18(2,3)4/h7-10,12H,11H2,1-4H3,(H,19,21). The average molecular weight is 296 g/mol. The lowest BCUT2D eigenvalue weighted by Crippen LogP contribution is -2.32. The first kappa shape index (κ1) is 15.8. The molecule has 1 N–H and O–H groups in total. The van der Waals surface area contributed by atoms with E-state index >= 15 is 0 Å². The van der Waals surface area contributed by atoms with Crippen LogP contribution in [0.15, 0.2) is 30.3 Å². The molecule has 4 nitrogen and oxygen atoms in total. The maximum atomic E-state index is 11.5. The number of amides is 1. The maximum Gasteiger partial charge on any atom is 0.408 e. The summed E-state index contributed by atoms with van der Waals surface area (Å²) in [5.41, 5.74) is 2.34. The van der Waals surface area contributed by atoms with Crippen molar-refractivity contribution in [2.45, 2.75) is 33.3 Å². The third-order valence-corrected chi connectivity index (χ3v) is 2.78. The van der Waals surface area contributed by atoms with Crippen molar-refractivity contribution in [3.05, 3.63) is 41.6 Å². The Balaban J connectivity index is 1.97. The Morgan fingerprint density at radius 3 is 2.77 bits per heavy atom. The second-order valence-electron chi connectivity index (χ2n) is 6.02. The van der Waals surface area contributed by atoms with Crippen LogP contribution in [-0.2, 0) is 4.74 Å². The van der Waals surface area contributed by atoms with Crippen LogP contribution in [0.2, 0.25) is 0 Å². The fraction of sp³-hybridized carbons (Fsp3) is 0.333. The molecule has 1 aromatic carbocycles. The molecule has 0 saturated carbocycles. The van der Waals surface area contributed by atoms with E-state index < -0.39 is 11.7 Å². The van der Waals surface area contributed by atoms with Gasteiger partial charge in [-0.1, -0.05) is 17.9 Å². The van der Waals surface area contributed by atoms with Gasteiger partial charge in [-0.3, -0.25) is 4.98 Å². The highest BCUT2D eigenvalue weighted by atomic mass is 16.6. The Morgan fingerprint density at radius 2 is 2.05 bits per heavy atom. The van der Waals surface area contributed by atoms with Gasteiger partial charge >= 0.3 is 6.09 Å². The minimum atomic E-state index is -0.499. The van der Waals surface area contributed by atoms with Crippen molar-refractivity contribution < 1.29 is 9.53 Å². The monoisotopic (exact) mass is 296 g/mol. The highest BCUT2D eigenvalue weighted by Crippen LogP contribution is 2.14. The number of nitrogens with zero attached hydrogens (tertiary/aromatic N) is 1. The molecule has 0 saturated heterocycles. The molecule has 0 unspecified atom stereocenters. The van der Waals surface area contributed by atoms with Crippen LogP contribution < -0.4 is 5.32 Å². The van der Waals surface area contributed by atoms with Crippen LogP contribution in [0, 0.1) is 18.8 Å². The fourth-order valence-electron chi connectivity index (χ4n) is 1.88. The van der Waals surface area contributed by atoms with Crippen LogP contribution in [-0.4, -0.2) is 23.2 Å². The van der Waals surface area contributed by atoms with E-state index in [4.69, 9.17) is 4.74 Å². The Bertz CT molecular complexity index is 749. The number of carbonyl (C=O) groups excluding carboxylic acids is 1. The number of nitrogens with one attached hydrogen (secondary N) is 1. The molecule has 1 amide bonds. The molecule has 2 aromatic rings. The van der Waals surface area contributed by atoms with Crippen molar-refractivity contribution >= 4 is 17.0 Å². The normalized spacial score (nSPS) is 10.7. The number of aromatic nitrogens is 1. The van der Waals surface area contributed by atoms with Crippen molar-refractivity contribution in [1.29, 1.82) is 0 Å². The van der Waals surface area contributed by atoms with Gasteiger partial charge in [0, 0.05) is 16.6 Å². The summed E-state index contributed by atoms with van der Waals surface area (Å²) in [5, 5.41) is 3.66. The molecule has 114 valence electrons. The lowest BCUT2D eigenvalue weighted by atomic mass is 10.1. The molecular weight excluding hydrogens is 276 g/mol. The largest absolute Gasteiger partial charge is 0.444 e. The summed E-state index contributed by atoms with van der Waals surface area (Å²) in [4.78, 5) is 15.9. The van der Waals surface area contributed by atoms with Crippen molar-refractivity contribution in [1.82, 2.24) is 10.3 Å². The summed E-state index contributed by atoms with van der Waals surface area (Å²) in [7, 11) is 0. The SMILES string of the molecule is Cc1ccc2cc(C#CCNC(=O)OC(C)(C)C)ccc2n1. The number of pyridine rings is 1. The summed E-state index contributed by atoms with van der Waals surface area (Å²) < 4.78 is 5.13. The fourth-order valence-corrected chi connectivity index (χ4v) is 1.88. The molecule has 2 rings (SSSR count). The second-order valence-corrected chi connectivity index (χ2v) is 6.02. The van der Waals surface area contributed by atoms with Gasteiger partial charge in [0.2, 0.25) is 0 Å². The predicted molar refractivity (Wildman–Crippen MR) is 87.6 cm³/mol. The molecule has 0 atom stereocenters. The minimum absolute atomic E-state index is 0.249. The Labute approximate surface area is 130 Å².